The molecular weight excluding hydrogens is 200 g/mol. The Balaban J connectivity index is 2.32. The molecule has 3 heteroatoms. The van der Waals surface area contributed by atoms with Crippen molar-refractivity contribution in [1.29, 1.82) is 0 Å². The zero-order chi connectivity index (χ0) is 12.2. The van der Waals surface area contributed by atoms with Crippen molar-refractivity contribution in [3.63, 3.8) is 0 Å². The van der Waals surface area contributed by atoms with Crippen molar-refractivity contribution in [1.82, 2.24) is 10.6 Å². The Bertz CT molecular complexity index is 227. The second kappa shape index (κ2) is 5.67. The summed E-state index contributed by atoms with van der Waals surface area (Å²) in [4.78, 5) is 11.8. The van der Waals surface area contributed by atoms with E-state index in [0.29, 0.717) is 18.4 Å². The number of hydrogen-bond donors (Lipinski definition) is 2. The molecule has 0 bridgehead atoms. The fourth-order valence-corrected chi connectivity index (χ4v) is 2.25. The van der Waals surface area contributed by atoms with Crippen LogP contribution in [0.25, 0.3) is 0 Å². The first-order chi connectivity index (χ1) is 7.38. The quantitative estimate of drug-likeness (QED) is 0.772. The highest BCUT2D eigenvalue weighted by Gasteiger charge is 2.23. The molecule has 1 fully saturated rings. The van der Waals surface area contributed by atoms with E-state index in [9.17, 15) is 4.79 Å². The van der Waals surface area contributed by atoms with Crippen molar-refractivity contribution >= 4 is 5.91 Å². The van der Waals surface area contributed by atoms with Crippen LogP contribution in [0.2, 0.25) is 0 Å². The lowest BCUT2D eigenvalue weighted by Gasteiger charge is -2.29. The predicted octanol–water partition coefficient (Wildman–Crippen LogP) is 1.93. The Morgan fingerprint density at radius 3 is 2.44 bits per heavy atom. The molecule has 1 aliphatic heterocycles. The molecule has 0 aromatic heterocycles. The average Bonchev–Trinajstić information content (AvgIpc) is 2.16. The van der Waals surface area contributed by atoms with Crippen LogP contribution in [-0.2, 0) is 4.79 Å². The molecule has 0 radical (unpaired) electrons. The minimum Gasteiger partial charge on any atom is -0.353 e. The van der Waals surface area contributed by atoms with Crippen LogP contribution in [0.3, 0.4) is 0 Å². The fraction of sp³-hybridized carbons (Fsp3) is 0.923. The molecule has 0 spiro atoms. The van der Waals surface area contributed by atoms with Crippen molar-refractivity contribution < 1.29 is 4.79 Å². The van der Waals surface area contributed by atoms with Gasteiger partial charge in [0.25, 0.3) is 0 Å². The Labute approximate surface area is 99.4 Å². The molecule has 0 aromatic carbocycles. The normalized spacial score (nSPS) is 20.5. The predicted molar refractivity (Wildman–Crippen MR) is 67.3 cm³/mol. The number of nitrogens with one attached hydrogen (secondary N) is 2. The summed E-state index contributed by atoms with van der Waals surface area (Å²) in [7, 11) is 0. The zero-order valence-corrected chi connectivity index (χ0v) is 11.1. The minimum absolute atomic E-state index is 0.0813. The third kappa shape index (κ3) is 4.97. The van der Waals surface area contributed by atoms with Gasteiger partial charge in [0.05, 0.1) is 0 Å². The van der Waals surface area contributed by atoms with Gasteiger partial charge in [0.2, 0.25) is 5.91 Å². The Morgan fingerprint density at radius 1 is 1.38 bits per heavy atom. The number of piperidine rings is 1. The molecule has 1 aliphatic rings. The molecule has 3 nitrogen and oxygen atoms in total. The van der Waals surface area contributed by atoms with E-state index in [0.717, 1.165) is 13.1 Å². The number of carbonyl (C=O) groups is 1. The van der Waals surface area contributed by atoms with Gasteiger partial charge in [-0.2, -0.15) is 0 Å². The third-order valence-electron chi connectivity index (χ3n) is 3.17. The van der Waals surface area contributed by atoms with Crippen molar-refractivity contribution in [2.45, 2.75) is 53.0 Å². The number of hydrogen-bond acceptors (Lipinski definition) is 2. The molecule has 1 rings (SSSR count). The number of rotatable bonds is 3. The lowest BCUT2D eigenvalue weighted by atomic mass is 9.89. The van der Waals surface area contributed by atoms with Crippen molar-refractivity contribution in [2.24, 2.45) is 11.3 Å². The van der Waals surface area contributed by atoms with Crippen molar-refractivity contribution in [3.8, 4) is 0 Å². The Hall–Kier alpha value is -0.570. The van der Waals surface area contributed by atoms with Gasteiger partial charge in [-0.3, -0.25) is 4.79 Å². The number of amides is 1. The molecule has 16 heavy (non-hydrogen) atoms. The summed E-state index contributed by atoms with van der Waals surface area (Å²) in [6.45, 7) is 10.6. The summed E-state index contributed by atoms with van der Waals surface area (Å²) in [6, 6.07) is 0.317. The third-order valence-corrected chi connectivity index (χ3v) is 3.17. The van der Waals surface area contributed by atoms with E-state index >= 15 is 0 Å². The maximum Gasteiger partial charge on any atom is 0.220 e. The van der Waals surface area contributed by atoms with Gasteiger partial charge in [-0.05, 0) is 44.2 Å². The highest BCUT2D eigenvalue weighted by molar-refractivity contribution is 5.76. The largest absolute Gasteiger partial charge is 0.353 e. The van der Waals surface area contributed by atoms with Crippen molar-refractivity contribution in [2.75, 3.05) is 13.1 Å². The molecule has 0 aliphatic carbocycles. The Morgan fingerprint density at radius 2 is 1.94 bits per heavy atom. The van der Waals surface area contributed by atoms with E-state index < -0.39 is 0 Å². The minimum atomic E-state index is 0.0813. The van der Waals surface area contributed by atoms with Gasteiger partial charge in [0.1, 0.15) is 0 Å². The maximum atomic E-state index is 11.8. The highest BCUT2D eigenvalue weighted by Crippen LogP contribution is 2.20. The Kier molecular flexibility index (Phi) is 4.78. The molecule has 94 valence electrons. The van der Waals surface area contributed by atoms with E-state index in [1.54, 1.807) is 0 Å². The number of carbonyl (C=O) groups excluding carboxylic acids is 1. The van der Waals surface area contributed by atoms with Crippen LogP contribution in [0.5, 0.6) is 0 Å². The summed E-state index contributed by atoms with van der Waals surface area (Å²) in [5, 5.41) is 6.49. The van der Waals surface area contributed by atoms with E-state index in [1.807, 2.05) is 0 Å². The first-order valence-corrected chi connectivity index (χ1v) is 6.38. The first kappa shape index (κ1) is 13.5. The van der Waals surface area contributed by atoms with Crippen LogP contribution >= 0.6 is 0 Å². The fourth-order valence-electron chi connectivity index (χ4n) is 2.25. The SMILES string of the molecule is CC(NC(=O)CC(C)(C)C)C1CCNCC1. The van der Waals surface area contributed by atoms with E-state index in [2.05, 4.69) is 38.3 Å². The van der Waals surface area contributed by atoms with Gasteiger partial charge in [0, 0.05) is 12.5 Å². The van der Waals surface area contributed by atoms with Gasteiger partial charge in [-0.1, -0.05) is 20.8 Å². The van der Waals surface area contributed by atoms with E-state index in [-0.39, 0.29) is 11.3 Å². The molecule has 0 saturated carbocycles. The standard InChI is InChI=1S/C13H26N2O/c1-10(11-5-7-14-8-6-11)15-12(16)9-13(2,3)4/h10-11,14H,5-9H2,1-4H3,(H,15,16). The van der Waals surface area contributed by atoms with Crippen LogP contribution in [0.1, 0.15) is 47.0 Å². The maximum absolute atomic E-state index is 11.8. The van der Waals surface area contributed by atoms with Gasteiger partial charge in [-0.25, -0.2) is 0 Å². The van der Waals surface area contributed by atoms with Crippen LogP contribution in [0, 0.1) is 11.3 Å². The summed E-state index contributed by atoms with van der Waals surface area (Å²) < 4.78 is 0. The van der Waals surface area contributed by atoms with Crippen LogP contribution in [0.15, 0.2) is 0 Å². The van der Waals surface area contributed by atoms with E-state index in [1.165, 1.54) is 12.8 Å². The van der Waals surface area contributed by atoms with Crippen LogP contribution in [0.4, 0.5) is 0 Å². The van der Waals surface area contributed by atoms with Gasteiger partial charge in [0.15, 0.2) is 0 Å². The highest BCUT2D eigenvalue weighted by atomic mass is 16.1. The molecular formula is C13H26N2O. The topological polar surface area (TPSA) is 41.1 Å². The van der Waals surface area contributed by atoms with Crippen LogP contribution in [-0.4, -0.2) is 25.0 Å². The molecule has 1 atom stereocenters. The summed E-state index contributed by atoms with van der Waals surface area (Å²) in [6.07, 6.45) is 2.97. The van der Waals surface area contributed by atoms with Gasteiger partial charge < -0.3 is 10.6 Å². The smallest absolute Gasteiger partial charge is 0.220 e. The first-order valence-electron chi connectivity index (χ1n) is 6.38. The van der Waals surface area contributed by atoms with Gasteiger partial charge >= 0.3 is 0 Å². The molecule has 1 heterocycles. The molecule has 2 N–H and O–H groups in total. The van der Waals surface area contributed by atoms with E-state index in [4.69, 9.17) is 0 Å². The van der Waals surface area contributed by atoms with Gasteiger partial charge in [-0.15, -0.1) is 0 Å². The van der Waals surface area contributed by atoms with Crippen LogP contribution < -0.4 is 10.6 Å². The molecule has 1 saturated heterocycles. The monoisotopic (exact) mass is 226 g/mol. The second-order valence-corrected chi connectivity index (χ2v) is 6.18. The summed E-state index contributed by atoms with van der Waals surface area (Å²) in [5.74, 6) is 0.837. The summed E-state index contributed by atoms with van der Waals surface area (Å²) in [5.41, 5.74) is 0.0813. The second-order valence-electron chi connectivity index (χ2n) is 6.18. The molecule has 1 unspecified atom stereocenters. The summed E-state index contributed by atoms with van der Waals surface area (Å²) >= 11 is 0. The zero-order valence-electron chi connectivity index (χ0n) is 11.1. The lowest BCUT2D eigenvalue weighted by molar-refractivity contribution is -0.123. The van der Waals surface area contributed by atoms with Crippen molar-refractivity contribution in [3.05, 3.63) is 0 Å². The average molecular weight is 226 g/mol. The lowest BCUT2D eigenvalue weighted by Crippen LogP contribution is -2.43. The molecule has 1 amide bonds. The molecule has 0 aromatic rings.